The molecule has 3 heterocycles. The second-order valence-corrected chi connectivity index (χ2v) is 9.33. The van der Waals surface area contributed by atoms with Crippen LogP contribution in [-0.4, -0.2) is 36.0 Å². The number of nitrogens with one attached hydrogen (secondary N) is 1. The minimum atomic E-state index is -0.246. The first kappa shape index (κ1) is 21.5. The number of thiophene rings is 1. The molecule has 0 saturated carbocycles. The van der Waals surface area contributed by atoms with Gasteiger partial charge in [0.15, 0.2) is 5.16 Å². The maximum atomic E-state index is 12.9. The summed E-state index contributed by atoms with van der Waals surface area (Å²) in [7, 11) is 0. The summed E-state index contributed by atoms with van der Waals surface area (Å²) in [5, 5.41) is 8.65. The van der Waals surface area contributed by atoms with Crippen LogP contribution in [0.3, 0.4) is 0 Å². The molecule has 8 nitrogen and oxygen atoms in total. The number of anilines is 1. The second-order valence-electron chi connectivity index (χ2n) is 6.75. The minimum absolute atomic E-state index is 0.0689. The van der Waals surface area contributed by atoms with E-state index >= 15 is 0 Å². The third-order valence-electron chi connectivity index (χ3n) is 4.80. The SMILES string of the molecule is CCn1c(SCC(=O)Nc2cc(Cl)ccc2-n2cncn2)nc2sc(C)c(C)c2c1=O. The zero-order valence-electron chi connectivity index (χ0n) is 17.0. The highest BCUT2D eigenvalue weighted by Gasteiger charge is 2.17. The van der Waals surface area contributed by atoms with Crippen LogP contribution >= 0.6 is 34.7 Å². The van der Waals surface area contributed by atoms with Gasteiger partial charge < -0.3 is 5.32 Å². The molecule has 3 aromatic heterocycles. The molecule has 160 valence electrons. The van der Waals surface area contributed by atoms with E-state index in [1.165, 1.54) is 35.8 Å². The summed E-state index contributed by atoms with van der Waals surface area (Å²) >= 11 is 8.84. The van der Waals surface area contributed by atoms with Gasteiger partial charge in [-0.3, -0.25) is 14.2 Å². The van der Waals surface area contributed by atoms with Crippen LogP contribution in [0.25, 0.3) is 15.9 Å². The van der Waals surface area contributed by atoms with Crippen LogP contribution in [0.4, 0.5) is 5.69 Å². The van der Waals surface area contributed by atoms with Gasteiger partial charge in [-0.2, -0.15) is 5.10 Å². The van der Waals surface area contributed by atoms with Crippen molar-refractivity contribution >= 4 is 56.5 Å². The van der Waals surface area contributed by atoms with Gasteiger partial charge in [0, 0.05) is 16.4 Å². The van der Waals surface area contributed by atoms with Crippen LogP contribution in [0, 0.1) is 13.8 Å². The van der Waals surface area contributed by atoms with E-state index in [0.29, 0.717) is 38.3 Å². The minimum Gasteiger partial charge on any atom is -0.323 e. The fourth-order valence-corrected chi connectivity index (χ4v) is 5.26. The zero-order chi connectivity index (χ0) is 22.1. The van der Waals surface area contributed by atoms with Gasteiger partial charge in [-0.15, -0.1) is 11.3 Å². The highest BCUT2D eigenvalue weighted by Crippen LogP contribution is 2.29. The smallest absolute Gasteiger partial charge is 0.263 e. The van der Waals surface area contributed by atoms with E-state index in [0.717, 1.165) is 10.4 Å². The Morgan fingerprint density at radius 3 is 2.84 bits per heavy atom. The van der Waals surface area contributed by atoms with E-state index in [-0.39, 0.29) is 17.2 Å². The monoisotopic (exact) mass is 474 g/mol. The lowest BCUT2D eigenvalue weighted by Gasteiger charge is -2.12. The van der Waals surface area contributed by atoms with Crippen LogP contribution in [0.1, 0.15) is 17.4 Å². The third kappa shape index (κ3) is 4.23. The van der Waals surface area contributed by atoms with Gasteiger partial charge in [0.1, 0.15) is 17.5 Å². The molecule has 0 unspecified atom stereocenters. The number of carbonyl (C=O) groups excluding carboxylic acids is 1. The Labute approximate surface area is 191 Å². The van der Waals surface area contributed by atoms with Crippen molar-refractivity contribution in [1.29, 1.82) is 0 Å². The van der Waals surface area contributed by atoms with Gasteiger partial charge in [0.25, 0.3) is 5.56 Å². The van der Waals surface area contributed by atoms with Crippen molar-refractivity contribution in [3.05, 3.63) is 56.7 Å². The van der Waals surface area contributed by atoms with Gasteiger partial charge in [-0.25, -0.2) is 14.6 Å². The maximum Gasteiger partial charge on any atom is 0.263 e. The fraction of sp³-hybridized carbons (Fsp3) is 0.250. The largest absolute Gasteiger partial charge is 0.323 e. The van der Waals surface area contributed by atoms with Crippen molar-refractivity contribution in [1.82, 2.24) is 24.3 Å². The standard InChI is InChI=1S/C20H19ClN6O2S2/c1-4-26-19(29)17-11(2)12(3)31-18(17)25-20(26)30-8-16(28)24-14-7-13(21)5-6-15(14)27-10-22-9-23-27/h5-7,9-10H,4,8H2,1-3H3,(H,24,28). The van der Waals surface area contributed by atoms with E-state index in [4.69, 9.17) is 11.6 Å². The molecule has 0 fully saturated rings. The van der Waals surface area contributed by atoms with Crippen molar-refractivity contribution in [2.24, 2.45) is 0 Å². The molecule has 1 N–H and O–H groups in total. The number of carbonyl (C=O) groups is 1. The summed E-state index contributed by atoms with van der Waals surface area (Å²) < 4.78 is 3.16. The number of aromatic nitrogens is 5. The van der Waals surface area contributed by atoms with Crippen LogP contribution in [0.15, 0.2) is 40.8 Å². The summed E-state index contributed by atoms with van der Waals surface area (Å²) in [5.41, 5.74) is 2.07. The molecule has 0 spiro atoms. The molecule has 11 heteroatoms. The Morgan fingerprint density at radius 1 is 1.32 bits per heavy atom. The lowest BCUT2D eigenvalue weighted by Crippen LogP contribution is -2.23. The molecule has 0 saturated heterocycles. The first-order valence-electron chi connectivity index (χ1n) is 9.46. The number of aryl methyl sites for hydroxylation is 2. The highest BCUT2D eigenvalue weighted by atomic mass is 35.5. The molecular weight excluding hydrogens is 456 g/mol. The third-order valence-corrected chi connectivity index (χ3v) is 7.11. The summed E-state index contributed by atoms with van der Waals surface area (Å²) in [6, 6.07) is 5.13. The molecule has 0 radical (unpaired) electrons. The van der Waals surface area contributed by atoms with Gasteiger partial charge >= 0.3 is 0 Å². The first-order chi connectivity index (χ1) is 14.9. The first-order valence-corrected chi connectivity index (χ1v) is 11.6. The molecule has 1 aromatic carbocycles. The summed E-state index contributed by atoms with van der Waals surface area (Å²) in [6.07, 6.45) is 2.95. The predicted molar refractivity (Wildman–Crippen MR) is 125 cm³/mol. The van der Waals surface area contributed by atoms with Gasteiger partial charge in [0.2, 0.25) is 5.91 Å². The number of benzene rings is 1. The average Bonchev–Trinajstić information content (AvgIpc) is 3.35. The number of nitrogens with zero attached hydrogens (tertiary/aromatic N) is 5. The van der Waals surface area contributed by atoms with Crippen molar-refractivity contribution in [2.75, 3.05) is 11.1 Å². The quantitative estimate of drug-likeness (QED) is 0.334. The van der Waals surface area contributed by atoms with Gasteiger partial charge in [0.05, 0.1) is 22.5 Å². The number of rotatable bonds is 6. The molecule has 0 atom stereocenters. The summed E-state index contributed by atoms with van der Waals surface area (Å²) in [5.74, 6) is -0.158. The van der Waals surface area contributed by atoms with Crippen LogP contribution in [0.5, 0.6) is 0 Å². The molecule has 0 bridgehead atoms. The topological polar surface area (TPSA) is 94.7 Å². The molecule has 0 aliphatic rings. The Hall–Kier alpha value is -2.69. The average molecular weight is 475 g/mol. The number of hydrogen-bond donors (Lipinski definition) is 1. The Morgan fingerprint density at radius 2 is 2.13 bits per heavy atom. The highest BCUT2D eigenvalue weighted by molar-refractivity contribution is 7.99. The number of halogens is 1. The number of thioether (sulfide) groups is 1. The Balaban J connectivity index is 1.57. The molecule has 31 heavy (non-hydrogen) atoms. The normalized spacial score (nSPS) is 11.2. The Kier molecular flexibility index (Phi) is 6.12. The predicted octanol–water partition coefficient (Wildman–Crippen LogP) is 4.06. The van der Waals surface area contributed by atoms with Crippen LogP contribution < -0.4 is 10.9 Å². The molecule has 0 aliphatic heterocycles. The van der Waals surface area contributed by atoms with Crippen molar-refractivity contribution < 1.29 is 4.79 Å². The van der Waals surface area contributed by atoms with Crippen LogP contribution in [-0.2, 0) is 11.3 Å². The van der Waals surface area contributed by atoms with Crippen molar-refractivity contribution in [3.63, 3.8) is 0 Å². The molecule has 4 rings (SSSR count). The van der Waals surface area contributed by atoms with Gasteiger partial charge in [-0.05, 0) is 44.5 Å². The van der Waals surface area contributed by atoms with E-state index in [2.05, 4.69) is 20.4 Å². The molecule has 4 aromatic rings. The molecule has 0 aliphatic carbocycles. The van der Waals surface area contributed by atoms with Crippen LogP contribution in [0.2, 0.25) is 5.02 Å². The van der Waals surface area contributed by atoms with Crippen molar-refractivity contribution in [2.45, 2.75) is 32.5 Å². The van der Waals surface area contributed by atoms with Crippen molar-refractivity contribution in [3.8, 4) is 5.69 Å². The number of hydrogen-bond acceptors (Lipinski definition) is 7. The maximum absolute atomic E-state index is 12.9. The Bertz CT molecular complexity index is 1330. The summed E-state index contributed by atoms with van der Waals surface area (Å²) in [4.78, 5) is 36.0. The second kappa shape index (κ2) is 8.81. The fourth-order valence-electron chi connectivity index (χ4n) is 3.15. The van der Waals surface area contributed by atoms with E-state index < -0.39 is 0 Å². The van der Waals surface area contributed by atoms with E-state index in [1.807, 2.05) is 20.8 Å². The van der Waals surface area contributed by atoms with E-state index in [1.54, 1.807) is 27.4 Å². The molecular formula is C20H19ClN6O2S2. The lowest BCUT2D eigenvalue weighted by molar-refractivity contribution is -0.113. The number of amides is 1. The zero-order valence-corrected chi connectivity index (χ0v) is 19.4. The number of fused-ring (bicyclic) bond motifs is 1. The van der Waals surface area contributed by atoms with E-state index in [9.17, 15) is 9.59 Å². The lowest BCUT2D eigenvalue weighted by atomic mass is 10.2. The molecule has 1 amide bonds. The summed E-state index contributed by atoms with van der Waals surface area (Å²) in [6.45, 7) is 6.29. The van der Waals surface area contributed by atoms with Gasteiger partial charge in [-0.1, -0.05) is 23.4 Å².